The van der Waals surface area contributed by atoms with Crippen LogP contribution in [0, 0.1) is 5.41 Å². The molecule has 1 unspecified atom stereocenters. The molecule has 4 N–H and O–H groups in total. The Morgan fingerprint density at radius 1 is 1.19 bits per heavy atom. The number of rotatable bonds is 8. The Kier molecular flexibility index (Phi) is 7.90. The lowest BCUT2D eigenvalue weighted by atomic mass is 9.93. The maximum Gasteiger partial charge on any atom is 0.314 e. The maximum absolute atomic E-state index is 12.0. The second kappa shape index (κ2) is 9.45. The van der Waals surface area contributed by atoms with E-state index in [1.54, 1.807) is 27.7 Å². The number of aliphatic hydroxyl groups excluding tert-OH is 1. The molecule has 0 aliphatic heterocycles. The van der Waals surface area contributed by atoms with Gasteiger partial charge in [0.25, 0.3) is 0 Å². The van der Waals surface area contributed by atoms with Crippen molar-refractivity contribution in [2.24, 2.45) is 5.41 Å². The quantitative estimate of drug-likeness (QED) is 0.234. The van der Waals surface area contributed by atoms with Crippen molar-refractivity contribution in [2.75, 3.05) is 18.7 Å². The normalized spacial score (nSPS) is 12.4. The number of nitrogens with one attached hydrogen (secondary N) is 1. The smallest absolute Gasteiger partial charge is 0.314 e. The Balaban J connectivity index is 2.81. The van der Waals surface area contributed by atoms with Gasteiger partial charge in [0.15, 0.2) is 0 Å². The van der Waals surface area contributed by atoms with Crippen LogP contribution in [0.3, 0.4) is 0 Å². The number of carbonyl (C=O) groups is 2. The number of benzene rings is 1. The topological polar surface area (TPSA) is 125 Å². The van der Waals surface area contributed by atoms with Gasteiger partial charge in [-0.05, 0) is 45.2 Å². The van der Waals surface area contributed by atoms with Crippen molar-refractivity contribution in [3.05, 3.63) is 17.2 Å². The third-order valence-electron chi connectivity index (χ3n) is 3.95. The number of esters is 2. The molecule has 1 rings (SSSR count). The lowest BCUT2D eigenvalue weighted by molar-refractivity contribution is -0.173. The summed E-state index contributed by atoms with van der Waals surface area (Å²) >= 11 is 0. The summed E-state index contributed by atoms with van der Waals surface area (Å²) in [5.74, 6) is -2.05. The summed E-state index contributed by atoms with van der Waals surface area (Å²) in [6.07, 6.45) is -0.0815. The van der Waals surface area contributed by atoms with Gasteiger partial charge in [-0.15, -0.1) is 0 Å². The molecule has 1 atom stereocenters. The first kappa shape index (κ1) is 22.6. The van der Waals surface area contributed by atoms with E-state index < -0.39 is 36.7 Å². The van der Waals surface area contributed by atoms with Crippen LogP contribution >= 0.6 is 0 Å². The molecule has 0 fully saturated rings. The van der Waals surface area contributed by atoms with Gasteiger partial charge in [0.05, 0.1) is 29.7 Å². The van der Waals surface area contributed by atoms with Crippen molar-refractivity contribution in [1.29, 1.82) is 0 Å². The fourth-order valence-corrected chi connectivity index (χ4v) is 2.38. The summed E-state index contributed by atoms with van der Waals surface area (Å²) in [5, 5.41) is 32.8. The Labute approximate surface area is 159 Å². The van der Waals surface area contributed by atoms with Crippen molar-refractivity contribution in [1.82, 2.24) is 0 Å². The highest BCUT2D eigenvalue weighted by molar-refractivity contribution is 5.76. The van der Waals surface area contributed by atoms with Crippen molar-refractivity contribution >= 4 is 17.6 Å². The molecular weight excluding hydrogens is 354 g/mol. The molecule has 0 bridgehead atoms. The van der Waals surface area contributed by atoms with Crippen LogP contribution in [0.2, 0.25) is 0 Å². The summed E-state index contributed by atoms with van der Waals surface area (Å²) in [4.78, 5) is 23.6. The average Bonchev–Trinajstić information content (AvgIpc) is 2.56. The number of ether oxygens (including phenoxy) is 2. The first-order valence-electron chi connectivity index (χ1n) is 8.78. The lowest BCUT2D eigenvalue weighted by Crippen LogP contribution is -2.25. The number of aromatic hydroxyl groups is 2. The zero-order valence-corrected chi connectivity index (χ0v) is 16.5. The molecule has 152 valence electrons. The fraction of sp³-hybridized carbons (Fsp3) is 0.579. The molecule has 27 heavy (non-hydrogen) atoms. The van der Waals surface area contributed by atoms with Crippen LogP contribution in [0.4, 0.5) is 5.69 Å². The van der Waals surface area contributed by atoms with E-state index in [0.29, 0.717) is 17.8 Å². The number of hydrogen-bond acceptors (Lipinski definition) is 8. The Hall–Kier alpha value is -2.48. The predicted molar refractivity (Wildman–Crippen MR) is 99.4 cm³/mol. The van der Waals surface area contributed by atoms with Gasteiger partial charge in [0, 0.05) is 6.54 Å². The zero-order valence-electron chi connectivity index (χ0n) is 16.5. The van der Waals surface area contributed by atoms with Gasteiger partial charge in [-0.1, -0.05) is 6.92 Å². The molecule has 8 heteroatoms. The van der Waals surface area contributed by atoms with Crippen molar-refractivity contribution < 1.29 is 34.4 Å². The maximum atomic E-state index is 12.0. The molecule has 8 nitrogen and oxygen atoms in total. The lowest BCUT2D eigenvalue weighted by Gasteiger charge is -2.19. The number of hydrogen-bond donors (Lipinski definition) is 4. The molecule has 0 heterocycles. The van der Waals surface area contributed by atoms with Gasteiger partial charge in [0.2, 0.25) is 6.79 Å². The number of aliphatic hydroxyl groups is 1. The van der Waals surface area contributed by atoms with Crippen LogP contribution in [0.15, 0.2) is 6.07 Å². The van der Waals surface area contributed by atoms with Gasteiger partial charge < -0.3 is 30.1 Å². The van der Waals surface area contributed by atoms with Gasteiger partial charge in [-0.3, -0.25) is 9.59 Å². The SMILES string of the molecule is CCNc1cc(C(C)CC(=O)OCOC(=O)C(C)(C)C)c(O)c(CO)c1O. The molecule has 0 aromatic heterocycles. The Bertz CT molecular complexity index is 680. The van der Waals surface area contributed by atoms with Crippen molar-refractivity contribution in [3.63, 3.8) is 0 Å². The molecule has 0 spiro atoms. The standard InChI is InChI=1S/C19H29NO7/c1-6-20-14-8-12(16(23)13(9-21)17(14)24)11(2)7-15(22)26-10-27-18(25)19(3,4)5/h8,11,20-21,23-24H,6-7,9-10H2,1-5H3. The highest BCUT2D eigenvalue weighted by atomic mass is 16.7. The fourth-order valence-electron chi connectivity index (χ4n) is 2.38. The number of carbonyl (C=O) groups excluding carboxylic acids is 2. The summed E-state index contributed by atoms with van der Waals surface area (Å²) < 4.78 is 9.80. The third-order valence-corrected chi connectivity index (χ3v) is 3.95. The molecular formula is C19H29NO7. The molecule has 0 aliphatic carbocycles. The second-order valence-corrected chi connectivity index (χ2v) is 7.30. The first-order chi connectivity index (χ1) is 12.5. The molecule has 0 aliphatic rings. The van der Waals surface area contributed by atoms with E-state index in [4.69, 9.17) is 9.47 Å². The Morgan fingerprint density at radius 3 is 2.33 bits per heavy atom. The van der Waals surface area contributed by atoms with Crippen LogP contribution in [0.1, 0.15) is 58.1 Å². The summed E-state index contributed by atoms with van der Waals surface area (Å²) in [6.45, 7) is 8.10. The van der Waals surface area contributed by atoms with Crippen LogP contribution < -0.4 is 5.32 Å². The van der Waals surface area contributed by atoms with E-state index in [1.165, 1.54) is 6.07 Å². The molecule has 0 radical (unpaired) electrons. The predicted octanol–water partition coefficient (Wildman–Crippen LogP) is 2.61. The average molecular weight is 383 g/mol. The minimum Gasteiger partial charge on any atom is -0.507 e. The Morgan fingerprint density at radius 2 is 1.81 bits per heavy atom. The molecule has 1 aromatic carbocycles. The monoisotopic (exact) mass is 383 g/mol. The van der Waals surface area contributed by atoms with E-state index in [9.17, 15) is 24.9 Å². The summed E-state index contributed by atoms with van der Waals surface area (Å²) in [5.41, 5.74) is 0.0360. The van der Waals surface area contributed by atoms with Gasteiger partial charge in [-0.25, -0.2) is 0 Å². The number of anilines is 1. The molecule has 0 saturated carbocycles. The highest BCUT2D eigenvalue weighted by Crippen LogP contribution is 2.41. The highest BCUT2D eigenvalue weighted by Gasteiger charge is 2.24. The van der Waals surface area contributed by atoms with Crippen LogP contribution in [0.25, 0.3) is 0 Å². The first-order valence-corrected chi connectivity index (χ1v) is 8.78. The van der Waals surface area contributed by atoms with Crippen LogP contribution in [0.5, 0.6) is 11.5 Å². The number of phenols is 2. The van der Waals surface area contributed by atoms with Crippen molar-refractivity contribution in [3.8, 4) is 11.5 Å². The van der Waals surface area contributed by atoms with E-state index in [0.717, 1.165) is 0 Å². The summed E-state index contributed by atoms with van der Waals surface area (Å²) in [6, 6.07) is 1.53. The van der Waals surface area contributed by atoms with E-state index in [1.807, 2.05) is 6.92 Å². The molecule has 0 saturated heterocycles. The second-order valence-electron chi connectivity index (χ2n) is 7.30. The zero-order chi connectivity index (χ0) is 20.8. The van der Waals surface area contributed by atoms with E-state index in [2.05, 4.69) is 5.32 Å². The van der Waals surface area contributed by atoms with E-state index in [-0.39, 0.29) is 23.5 Å². The van der Waals surface area contributed by atoms with E-state index >= 15 is 0 Å². The van der Waals surface area contributed by atoms with Crippen LogP contribution in [-0.2, 0) is 25.7 Å². The largest absolute Gasteiger partial charge is 0.507 e. The molecule has 1 aromatic rings. The third kappa shape index (κ3) is 6.02. The van der Waals surface area contributed by atoms with Crippen molar-refractivity contribution in [2.45, 2.75) is 53.6 Å². The van der Waals surface area contributed by atoms with Gasteiger partial charge in [0.1, 0.15) is 11.5 Å². The summed E-state index contributed by atoms with van der Waals surface area (Å²) in [7, 11) is 0. The van der Waals surface area contributed by atoms with Gasteiger partial charge >= 0.3 is 11.9 Å². The van der Waals surface area contributed by atoms with Gasteiger partial charge in [-0.2, -0.15) is 0 Å². The minimum absolute atomic E-state index is 0.0113. The van der Waals surface area contributed by atoms with Crippen LogP contribution in [-0.4, -0.2) is 40.6 Å². The minimum atomic E-state index is -0.694. The molecule has 0 amide bonds.